The highest BCUT2D eigenvalue weighted by atomic mass is 32.1. The van der Waals surface area contributed by atoms with Crippen molar-refractivity contribution in [3.8, 4) is 0 Å². The van der Waals surface area contributed by atoms with Gasteiger partial charge in [0.15, 0.2) is 11.6 Å². The average molecular weight is 378 g/mol. The van der Waals surface area contributed by atoms with E-state index in [4.69, 9.17) is 0 Å². The van der Waals surface area contributed by atoms with Crippen LogP contribution < -0.4 is 5.32 Å². The molecule has 1 N–H and O–H groups in total. The van der Waals surface area contributed by atoms with Crippen molar-refractivity contribution in [1.82, 2.24) is 10.2 Å². The molecule has 1 saturated heterocycles. The first-order chi connectivity index (χ1) is 12.5. The van der Waals surface area contributed by atoms with Crippen molar-refractivity contribution in [2.75, 3.05) is 13.6 Å². The van der Waals surface area contributed by atoms with Gasteiger partial charge in [-0.25, -0.2) is 8.78 Å². The number of aryl methyl sites for hydroxylation is 1. The Morgan fingerprint density at radius 1 is 1.23 bits per heavy atom. The quantitative estimate of drug-likeness (QED) is 0.863. The number of nitrogens with one attached hydrogen (secondary N) is 1. The number of carbonyl (C=O) groups is 2. The van der Waals surface area contributed by atoms with E-state index in [0.717, 1.165) is 29.9 Å². The minimum Gasteiger partial charge on any atom is -0.354 e. The first-order valence-electron chi connectivity index (χ1n) is 8.55. The molecular weight excluding hydrogens is 358 g/mol. The lowest BCUT2D eigenvalue weighted by Gasteiger charge is -2.24. The molecule has 1 aliphatic rings. The van der Waals surface area contributed by atoms with Crippen LogP contribution in [0.2, 0.25) is 0 Å². The number of likely N-dealkylation sites (tertiary alicyclic amines) is 1. The molecule has 0 radical (unpaired) electrons. The zero-order chi connectivity index (χ0) is 18.7. The molecule has 138 valence electrons. The van der Waals surface area contributed by atoms with Crippen LogP contribution in [0.3, 0.4) is 0 Å². The highest BCUT2D eigenvalue weighted by molar-refractivity contribution is 7.14. The summed E-state index contributed by atoms with van der Waals surface area (Å²) in [7, 11) is 1.59. The second kappa shape index (κ2) is 7.95. The summed E-state index contributed by atoms with van der Waals surface area (Å²) in [6.45, 7) is 0.675. The van der Waals surface area contributed by atoms with E-state index >= 15 is 0 Å². The van der Waals surface area contributed by atoms with Gasteiger partial charge in [-0.05, 0) is 49.1 Å². The van der Waals surface area contributed by atoms with Gasteiger partial charge in [-0.15, -0.1) is 11.3 Å². The lowest BCUT2D eigenvalue weighted by molar-refractivity contribution is -0.132. The predicted octanol–water partition coefficient (Wildman–Crippen LogP) is 3.68. The third-order valence-electron chi connectivity index (χ3n) is 4.59. The first kappa shape index (κ1) is 18.5. The Morgan fingerprint density at radius 2 is 2.04 bits per heavy atom. The van der Waals surface area contributed by atoms with Crippen LogP contribution in [0.5, 0.6) is 0 Å². The Kier molecular flexibility index (Phi) is 5.66. The molecule has 1 fully saturated rings. The number of nitrogens with zero attached hydrogens (tertiary/aromatic N) is 1. The Balaban J connectivity index is 1.65. The van der Waals surface area contributed by atoms with Gasteiger partial charge in [-0.2, -0.15) is 0 Å². The number of hydrogen-bond donors (Lipinski definition) is 1. The molecule has 3 rings (SSSR count). The second-order valence-corrected chi connectivity index (χ2v) is 7.39. The van der Waals surface area contributed by atoms with Crippen molar-refractivity contribution in [3.05, 3.63) is 57.3 Å². The summed E-state index contributed by atoms with van der Waals surface area (Å²) < 4.78 is 26.3. The van der Waals surface area contributed by atoms with E-state index in [-0.39, 0.29) is 24.3 Å². The van der Waals surface area contributed by atoms with Gasteiger partial charge < -0.3 is 10.2 Å². The highest BCUT2D eigenvalue weighted by Crippen LogP contribution is 2.36. The maximum atomic E-state index is 13.3. The third-order valence-corrected chi connectivity index (χ3v) is 5.78. The van der Waals surface area contributed by atoms with E-state index in [2.05, 4.69) is 5.32 Å². The van der Waals surface area contributed by atoms with Crippen LogP contribution in [-0.2, 0) is 11.2 Å². The van der Waals surface area contributed by atoms with Crippen molar-refractivity contribution in [2.24, 2.45) is 0 Å². The zero-order valence-corrected chi connectivity index (χ0v) is 15.2. The number of thiophene rings is 1. The topological polar surface area (TPSA) is 49.4 Å². The zero-order valence-electron chi connectivity index (χ0n) is 14.4. The van der Waals surface area contributed by atoms with Gasteiger partial charge in [-0.3, -0.25) is 9.59 Å². The minimum atomic E-state index is -0.894. The van der Waals surface area contributed by atoms with Crippen LogP contribution in [0.25, 0.3) is 0 Å². The molecule has 26 heavy (non-hydrogen) atoms. The molecule has 1 unspecified atom stereocenters. The first-order valence-corrected chi connectivity index (χ1v) is 9.36. The number of carbonyl (C=O) groups excluding carboxylic acids is 2. The third kappa shape index (κ3) is 3.93. The van der Waals surface area contributed by atoms with E-state index in [9.17, 15) is 18.4 Å². The van der Waals surface area contributed by atoms with Gasteiger partial charge in [0, 0.05) is 24.9 Å². The summed E-state index contributed by atoms with van der Waals surface area (Å²) in [6, 6.07) is 7.39. The Hall–Kier alpha value is -2.28. The average Bonchev–Trinajstić information content (AvgIpc) is 3.30. The Labute approximate surface area is 154 Å². The van der Waals surface area contributed by atoms with E-state index in [1.54, 1.807) is 13.1 Å². The van der Waals surface area contributed by atoms with Crippen molar-refractivity contribution in [3.63, 3.8) is 0 Å². The minimum absolute atomic E-state index is 0.00729. The lowest BCUT2D eigenvalue weighted by atomic mass is 10.1. The lowest BCUT2D eigenvalue weighted by Crippen LogP contribution is -2.30. The number of rotatable bonds is 5. The number of hydrogen-bond acceptors (Lipinski definition) is 3. The van der Waals surface area contributed by atoms with Crippen molar-refractivity contribution >= 4 is 23.2 Å². The van der Waals surface area contributed by atoms with Gasteiger partial charge >= 0.3 is 0 Å². The van der Waals surface area contributed by atoms with E-state index in [1.165, 1.54) is 17.4 Å². The molecule has 1 atom stereocenters. The molecule has 0 saturated carbocycles. The molecule has 1 aromatic heterocycles. The maximum absolute atomic E-state index is 13.3. The van der Waals surface area contributed by atoms with E-state index in [1.807, 2.05) is 11.0 Å². The fourth-order valence-corrected chi connectivity index (χ4v) is 4.33. The van der Waals surface area contributed by atoms with Crippen LogP contribution >= 0.6 is 11.3 Å². The van der Waals surface area contributed by atoms with Gasteiger partial charge in [0.05, 0.1) is 10.9 Å². The molecular formula is C19H20F2N2O2S. The second-order valence-electron chi connectivity index (χ2n) is 6.27. The normalized spacial score (nSPS) is 16.7. The molecule has 1 aromatic carbocycles. The van der Waals surface area contributed by atoms with Crippen LogP contribution in [0.15, 0.2) is 30.3 Å². The van der Waals surface area contributed by atoms with Crippen LogP contribution in [0.4, 0.5) is 8.78 Å². The Morgan fingerprint density at radius 3 is 2.77 bits per heavy atom. The standard InChI is InChI=1S/C19H20F2N2O2S/c1-22-19(25)17-8-7-16(26-17)15-3-2-10-23(15)18(24)9-5-12-4-6-13(20)14(21)11-12/h4,6-8,11,15H,2-3,5,9-10H2,1H3,(H,22,25). The Bertz CT molecular complexity index is 822. The van der Waals surface area contributed by atoms with Crippen molar-refractivity contribution in [1.29, 1.82) is 0 Å². The largest absolute Gasteiger partial charge is 0.354 e. The summed E-state index contributed by atoms with van der Waals surface area (Å²) in [5, 5.41) is 2.60. The molecule has 0 spiro atoms. The molecule has 2 amide bonds. The monoisotopic (exact) mass is 378 g/mol. The summed E-state index contributed by atoms with van der Waals surface area (Å²) in [5.74, 6) is -1.92. The summed E-state index contributed by atoms with van der Waals surface area (Å²) >= 11 is 1.40. The van der Waals surface area contributed by atoms with Crippen molar-refractivity contribution in [2.45, 2.75) is 31.7 Å². The molecule has 7 heteroatoms. The molecule has 1 aliphatic heterocycles. The maximum Gasteiger partial charge on any atom is 0.261 e. The van der Waals surface area contributed by atoms with Crippen molar-refractivity contribution < 1.29 is 18.4 Å². The number of amides is 2. The molecule has 4 nitrogen and oxygen atoms in total. The van der Waals surface area contributed by atoms with Crippen LogP contribution in [-0.4, -0.2) is 30.3 Å². The smallest absolute Gasteiger partial charge is 0.261 e. The number of benzene rings is 1. The molecule has 0 aliphatic carbocycles. The molecule has 2 heterocycles. The summed E-state index contributed by atoms with van der Waals surface area (Å²) in [5.41, 5.74) is 0.603. The number of halogens is 2. The predicted molar refractivity (Wildman–Crippen MR) is 96.1 cm³/mol. The van der Waals surface area contributed by atoms with Gasteiger partial charge in [-0.1, -0.05) is 6.07 Å². The van der Waals surface area contributed by atoms with E-state index < -0.39 is 11.6 Å². The fraction of sp³-hybridized carbons (Fsp3) is 0.368. The molecule has 0 bridgehead atoms. The fourth-order valence-electron chi connectivity index (χ4n) is 3.23. The summed E-state index contributed by atoms with van der Waals surface area (Å²) in [4.78, 5) is 27.8. The van der Waals surface area contributed by atoms with Crippen LogP contribution in [0.1, 0.15) is 45.4 Å². The SMILES string of the molecule is CNC(=O)c1ccc(C2CCCN2C(=O)CCc2ccc(F)c(F)c2)s1. The van der Waals surface area contributed by atoms with Crippen LogP contribution in [0, 0.1) is 11.6 Å². The summed E-state index contributed by atoms with van der Waals surface area (Å²) in [6.07, 6.45) is 2.39. The molecule has 2 aromatic rings. The van der Waals surface area contributed by atoms with Gasteiger partial charge in [0.1, 0.15) is 0 Å². The van der Waals surface area contributed by atoms with Gasteiger partial charge in [0.2, 0.25) is 5.91 Å². The van der Waals surface area contributed by atoms with E-state index in [0.29, 0.717) is 23.4 Å². The van der Waals surface area contributed by atoms with Gasteiger partial charge in [0.25, 0.3) is 5.91 Å². The highest BCUT2D eigenvalue weighted by Gasteiger charge is 2.31.